The van der Waals surface area contributed by atoms with Crippen molar-refractivity contribution in [3.63, 3.8) is 0 Å². The van der Waals surface area contributed by atoms with E-state index in [2.05, 4.69) is 15.6 Å². The van der Waals surface area contributed by atoms with Gasteiger partial charge in [-0.15, -0.1) is 0 Å². The van der Waals surface area contributed by atoms with Crippen molar-refractivity contribution in [2.24, 2.45) is 0 Å². The second-order valence-electron chi connectivity index (χ2n) is 11.1. The van der Waals surface area contributed by atoms with Crippen LogP contribution in [0.3, 0.4) is 0 Å². The standard InChI is InChI=1S/C33H37F2N5O4S/c1-19(2)45(43)31-23(12-24(14-28(31)35)39-33(42)44-18-21(4)25-9-7-6-8-20(25)3)17-40(5)30(41)16-38-29-13-22-10-11-37-32(36)26(22)15-27(29)34/h6-15,19,21,38H,16-18H2,1-5H3,(H2,36,37)(H,39,42). The minimum atomic E-state index is -1.73. The summed E-state index contributed by atoms with van der Waals surface area (Å²) in [6.45, 7) is 7.02. The fraction of sp³-hybridized carbons (Fsp3) is 0.303. The van der Waals surface area contributed by atoms with E-state index in [4.69, 9.17) is 10.5 Å². The second kappa shape index (κ2) is 14.5. The molecular weight excluding hydrogens is 600 g/mol. The summed E-state index contributed by atoms with van der Waals surface area (Å²) in [4.78, 5) is 30.9. The molecule has 0 aliphatic rings. The number of hydrogen-bond acceptors (Lipinski definition) is 7. The Labute approximate surface area is 263 Å². The summed E-state index contributed by atoms with van der Waals surface area (Å²) >= 11 is 0. The first-order valence-corrected chi connectivity index (χ1v) is 15.6. The molecule has 1 aromatic heterocycles. The van der Waals surface area contributed by atoms with Gasteiger partial charge in [0.1, 0.15) is 17.5 Å². The summed E-state index contributed by atoms with van der Waals surface area (Å²) < 4.78 is 48.6. The van der Waals surface area contributed by atoms with Gasteiger partial charge in [-0.3, -0.25) is 14.3 Å². The number of halogens is 2. The number of rotatable bonds is 11. The predicted octanol–water partition coefficient (Wildman–Crippen LogP) is 6.34. The fourth-order valence-electron chi connectivity index (χ4n) is 4.89. The Kier molecular flexibility index (Phi) is 10.7. The molecule has 45 heavy (non-hydrogen) atoms. The summed E-state index contributed by atoms with van der Waals surface area (Å²) in [7, 11) is -0.237. The molecule has 238 valence electrons. The predicted molar refractivity (Wildman–Crippen MR) is 174 cm³/mol. The van der Waals surface area contributed by atoms with Gasteiger partial charge in [0.25, 0.3) is 0 Å². The van der Waals surface area contributed by atoms with E-state index >= 15 is 4.39 Å². The largest absolute Gasteiger partial charge is 0.449 e. The second-order valence-corrected chi connectivity index (χ2v) is 13.1. The number of benzene rings is 3. The van der Waals surface area contributed by atoms with Crippen molar-refractivity contribution in [3.8, 4) is 0 Å². The van der Waals surface area contributed by atoms with E-state index in [1.54, 1.807) is 19.9 Å². The Balaban J connectivity index is 1.47. The van der Waals surface area contributed by atoms with E-state index in [1.807, 2.05) is 38.1 Å². The Morgan fingerprint density at radius 1 is 1.07 bits per heavy atom. The number of carbonyl (C=O) groups is 2. The molecule has 2 amide bonds. The van der Waals surface area contributed by atoms with Gasteiger partial charge in [0.2, 0.25) is 5.91 Å². The highest BCUT2D eigenvalue weighted by molar-refractivity contribution is 7.85. The number of nitrogens with two attached hydrogens (primary N) is 1. The van der Waals surface area contributed by atoms with Gasteiger partial charge in [0.15, 0.2) is 0 Å². The number of amides is 2. The Hall–Kier alpha value is -4.58. The third-order valence-electron chi connectivity index (χ3n) is 7.33. The maximum absolute atomic E-state index is 15.4. The number of aromatic nitrogens is 1. The van der Waals surface area contributed by atoms with Crippen LogP contribution in [0.15, 0.2) is 65.7 Å². The average molecular weight is 638 g/mol. The third-order valence-corrected chi connectivity index (χ3v) is 9.04. The quantitative estimate of drug-likeness (QED) is 0.175. The van der Waals surface area contributed by atoms with E-state index in [1.165, 1.54) is 36.3 Å². The zero-order valence-electron chi connectivity index (χ0n) is 25.8. The first-order chi connectivity index (χ1) is 21.3. The van der Waals surface area contributed by atoms with Crippen LogP contribution in [-0.4, -0.2) is 51.5 Å². The number of nitrogens with one attached hydrogen (secondary N) is 2. The van der Waals surface area contributed by atoms with Crippen molar-refractivity contribution in [1.82, 2.24) is 9.88 Å². The molecule has 0 radical (unpaired) electrons. The maximum Gasteiger partial charge on any atom is 0.411 e. The van der Waals surface area contributed by atoms with Crippen LogP contribution in [-0.2, 0) is 26.9 Å². The van der Waals surface area contributed by atoms with E-state index in [-0.39, 0.29) is 53.3 Å². The molecule has 4 N–H and O–H groups in total. The zero-order valence-corrected chi connectivity index (χ0v) is 26.6. The highest BCUT2D eigenvalue weighted by Gasteiger charge is 2.23. The molecule has 4 aromatic rings. The van der Waals surface area contributed by atoms with Crippen molar-refractivity contribution >= 4 is 50.8 Å². The lowest BCUT2D eigenvalue weighted by Gasteiger charge is -2.22. The molecule has 0 saturated heterocycles. The number of carbonyl (C=O) groups excluding carboxylic acids is 2. The van der Waals surface area contributed by atoms with Crippen LogP contribution in [0.1, 0.15) is 43.4 Å². The highest BCUT2D eigenvalue weighted by atomic mass is 32.2. The molecule has 0 aliphatic carbocycles. The molecule has 0 aliphatic heterocycles. The number of nitrogens with zero attached hydrogens (tertiary/aromatic N) is 2. The average Bonchev–Trinajstić information content (AvgIpc) is 2.99. The number of pyridine rings is 1. The van der Waals surface area contributed by atoms with Gasteiger partial charge in [-0.25, -0.2) is 18.6 Å². The lowest BCUT2D eigenvalue weighted by molar-refractivity contribution is -0.128. The monoisotopic (exact) mass is 637 g/mol. The fourth-order valence-corrected chi connectivity index (χ4v) is 5.99. The normalized spacial score (nSPS) is 12.5. The number of ether oxygens (including phenoxy) is 1. The number of likely N-dealkylation sites (N-methyl/N-ethyl adjacent to an activating group) is 1. The molecule has 0 saturated carbocycles. The molecule has 0 bridgehead atoms. The van der Waals surface area contributed by atoms with Crippen LogP contribution < -0.4 is 16.4 Å². The summed E-state index contributed by atoms with van der Waals surface area (Å²) in [5.41, 5.74) is 8.39. The molecule has 2 atom stereocenters. The summed E-state index contributed by atoms with van der Waals surface area (Å²) in [5.74, 6) is -1.69. The molecule has 4 rings (SSSR count). The SMILES string of the molecule is Cc1ccccc1C(C)COC(=O)Nc1cc(F)c(S(=O)C(C)C)c(CN(C)C(=O)CNc2cc3ccnc(N)c3cc2F)c1. The van der Waals surface area contributed by atoms with Crippen molar-refractivity contribution in [2.45, 2.75) is 50.3 Å². The van der Waals surface area contributed by atoms with Crippen LogP contribution >= 0.6 is 0 Å². The molecule has 3 aromatic carbocycles. The van der Waals surface area contributed by atoms with E-state index in [0.29, 0.717) is 10.8 Å². The van der Waals surface area contributed by atoms with Crippen molar-refractivity contribution in [2.75, 3.05) is 36.6 Å². The molecule has 9 nitrogen and oxygen atoms in total. The molecule has 12 heteroatoms. The molecular formula is C33H37F2N5O4S. The minimum Gasteiger partial charge on any atom is -0.449 e. The number of hydrogen-bond donors (Lipinski definition) is 3. The number of anilines is 3. The van der Waals surface area contributed by atoms with Crippen LogP contribution in [0.25, 0.3) is 10.8 Å². The van der Waals surface area contributed by atoms with Crippen LogP contribution in [0.2, 0.25) is 0 Å². The lowest BCUT2D eigenvalue weighted by atomic mass is 9.97. The van der Waals surface area contributed by atoms with E-state index < -0.39 is 39.7 Å². The molecule has 1 heterocycles. The Morgan fingerprint density at radius 2 is 1.80 bits per heavy atom. The lowest BCUT2D eigenvalue weighted by Crippen LogP contribution is -2.32. The number of nitrogen functional groups attached to an aromatic ring is 1. The molecule has 0 spiro atoms. The minimum absolute atomic E-state index is 0.0588. The Bertz CT molecular complexity index is 1750. The topological polar surface area (TPSA) is 127 Å². The van der Waals surface area contributed by atoms with Crippen molar-refractivity contribution < 1.29 is 27.3 Å². The van der Waals surface area contributed by atoms with E-state index in [0.717, 1.165) is 17.2 Å². The highest BCUT2D eigenvalue weighted by Crippen LogP contribution is 2.28. The number of fused-ring (bicyclic) bond motifs is 1. The first-order valence-electron chi connectivity index (χ1n) is 14.4. The van der Waals surface area contributed by atoms with Gasteiger partial charge in [-0.05, 0) is 59.3 Å². The van der Waals surface area contributed by atoms with Crippen molar-refractivity contribution in [3.05, 3.63) is 89.1 Å². The van der Waals surface area contributed by atoms with Gasteiger partial charge >= 0.3 is 6.09 Å². The first kappa shape index (κ1) is 33.3. The van der Waals surface area contributed by atoms with E-state index in [9.17, 15) is 18.2 Å². The molecule has 2 unspecified atom stereocenters. The van der Waals surface area contributed by atoms with Crippen LogP contribution in [0, 0.1) is 18.6 Å². The third kappa shape index (κ3) is 8.13. The van der Waals surface area contributed by atoms with Gasteiger partial charge < -0.3 is 20.7 Å². The van der Waals surface area contributed by atoms with Gasteiger partial charge in [0.05, 0.1) is 34.5 Å². The number of aryl methyl sites for hydroxylation is 1. The van der Waals surface area contributed by atoms with Crippen LogP contribution in [0.5, 0.6) is 0 Å². The van der Waals surface area contributed by atoms with Crippen molar-refractivity contribution in [1.29, 1.82) is 0 Å². The van der Waals surface area contributed by atoms with Gasteiger partial charge in [-0.1, -0.05) is 45.0 Å². The zero-order chi connectivity index (χ0) is 32.8. The summed E-state index contributed by atoms with van der Waals surface area (Å²) in [6.07, 6.45) is 0.729. The van der Waals surface area contributed by atoms with Gasteiger partial charge in [-0.2, -0.15) is 0 Å². The summed E-state index contributed by atoms with van der Waals surface area (Å²) in [6, 6.07) is 14.8. The maximum atomic E-state index is 15.4. The smallest absolute Gasteiger partial charge is 0.411 e. The van der Waals surface area contributed by atoms with Gasteiger partial charge in [0, 0.05) is 42.0 Å². The molecule has 0 fully saturated rings. The van der Waals surface area contributed by atoms with Crippen LogP contribution in [0.4, 0.5) is 30.8 Å². The Morgan fingerprint density at radius 3 is 2.51 bits per heavy atom. The summed E-state index contributed by atoms with van der Waals surface area (Å²) in [5, 5.41) is 6.03.